The smallest absolute Gasteiger partial charge is 0.307 e. The van der Waals surface area contributed by atoms with E-state index in [1.807, 2.05) is 7.05 Å². The fourth-order valence-corrected chi connectivity index (χ4v) is 2.07. The normalized spacial score (nSPS) is 21.1. The predicted octanol–water partition coefficient (Wildman–Crippen LogP) is 0.504. The molecule has 1 atom stereocenters. The van der Waals surface area contributed by atoms with Crippen LogP contribution in [-0.4, -0.2) is 47.2 Å². The summed E-state index contributed by atoms with van der Waals surface area (Å²) in [5.74, 6) is -2.72. The van der Waals surface area contributed by atoms with Crippen LogP contribution in [0.3, 0.4) is 0 Å². The van der Waals surface area contributed by atoms with E-state index in [1.165, 1.54) is 0 Å². The molecule has 1 saturated heterocycles. The number of carboxylic acid groups (broad SMARTS) is 2. The van der Waals surface area contributed by atoms with Crippen LogP contribution in [0, 0.1) is 11.8 Å². The molecule has 0 aromatic heterocycles. The minimum Gasteiger partial charge on any atom is -0.481 e. The van der Waals surface area contributed by atoms with E-state index in [2.05, 4.69) is 4.90 Å². The van der Waals surface area contributed by atoms with Gasteiger partial charge in [0.2, 0.25) is 0 Å². The average Bonchev–Trinajstić information content (AvgIpc) is 2.15. The Morgan fingerprint density at radius 1 is 1.33 bits per heavy atom. The topological polar surface area (TPSA) is 77.8 Å². The highest BCUT2D eigenvalue weighted by Gasteiger charge is 2.32. The fraction of sp³-hybridized carbons (Fsp3) is 0.800. The lowest BCUT2D eigenvalue weighted by molar-refractivity contribution is -0.150. The first-order valence-electron chi connectivity index (χ1n) is 5.14. The Morgan fingerprint density at radius 3 is 2.27 bits per heavy atom. The number of carboxylic acids is 2. The van der Waals surface area contributed by atoms with Crippen LogP contribution in [0.15, 0.2) is 0 Å². The van der Waals surface area contributed by atoms with Gasteiger partial charge in [-0.15, -0.1) is 0 Å². The highest BCUT2D eigenvalue weighted by Crippen LogP contribution is 2.27. The van der Waals surface area contributed by atoms with Crippen molar-refractivity contribution in [3.8, 4) is 0 Å². The number of likely N-dealkylation sites (tertiary alicyclic amines) is 1. The van der Waals surface area contributed by atoms with Crippen molar-refractivity contribution >= 4 is 11.9 Å². The number of piperidine rings is 1. The summed E-state index contributed by atoms with van der Waals surface area (Å²) in [6.45, 7) is 1.71. The summed E-state index contributed by atoms with van der Waals surface area (Å²) in [4.78, 5) is 23.6. The van der Waals surface area contributed by atoms with E-state index in [1.54, 1.807) is 0 Å². The van der Waals surface area contributed by atoms with E-state index in [0.29, 0.717) is 0 Å². The van der Waals surface area contributed by atoms with Crippen molar-refractivity contribution in [1.29, 1.82) is 0 Å². The quantitative estimate of drug-likeness (QED) is 0.714. The van der Waals surface area contributed by atoms with E-state index in [4.69, 9.17) is 10.2 Å². The molecule has 0 radical (unpaired) electrons. The molecule has 0 aromatic carbocycles. The van der Waals surface area contributed by atoms with Crippen molar-refractivity contribution in [3.63, 3.8) is 0 Å². The molecule has 1 heterocycles. The molecule has 1 aliphatic rings. The largest absolute Gasteiger partial charge is 0.481 e. The van der Waals surface area contributed by atoms with Crippen LogP contribution in [0.1, 0.15) is 19.3 Å². The summed E-state index contributed by atoms with van der Waals surface area (Å²) in [7, 11) is 1.99. The van der Waals surface area contributed by atoms with Crippen LogP contribution < -0.4 is 0 Å². The van der Waals surface area contributed by atoms with Gasteiger partial charge < -0.3 is 15.1 Å². The first kappa shape index (κ1) is 12.0. The Morgan fingerprint density at radius 2 is 1.87 bits per heavy atom. The molecule has 0 aliphatic carbocycles. The molecule has 86 valence electrons. The molecule has 0 spiro atoms. The van der Waals surface area contributed by atoms with Crippen molar-refractivity contribution in [2.75, 3.05) is 20.1 Å². The second kappa shape index (κ2) is 5.11. The van der Waals surface area contributed by atoms with Gasteiger partial charge in [0, 0.05) is 0 Å². The van der Waals surface area contributed by atoms with Crippen LogP contribution in [0.2, 0.25) is 0 Å². The summed E-state index contributed by atoms with van der Waals surface area (Å²) in [6, 6.07) is 0. The maximum absolute atomic E-state index is 10.9. The van der Waals surface area contributed by atoms with Crippen molar-refractivity contribution in [2.45, 2.75) is 19.3 Å². The minimum absolute atomic E-state index is 0.00907. The van der Waals surface area contributed by atoms with Crippen molar-refractivity contribution in [3.05, 3.63) is 0 Å². The number of hydrogen-bond acceptors (Lipinski definition) is 3. The van der Waals surface area contributed by atoms with Crippen molar-refractivity contribution in [2.24, 2.45) is 11.8 Å². The van der Waals surface area contributed by atoms with Gasteiger partial charge in [-0.1, -0.05) is 0 Å². The third-order valence-electron chi connectivity index (χ3n) is 3.04. The van der Waals surface area contributed by atoms with Crippen LogP contribution in [0.4, 0.5) is 0 Å². The number of nitrogens with zero attached hydrogens (tertiary/aromatic N) is 1. The number of aliphatic carboxylic acids is 2. The van der Waals surface area contributed by atoms with Gasteiger partial charge in [0.1, 0.15) is 0 Å². The second-order valence-corrected chi connectivity index (χ2v) is 4.18. The molecule has 0 aromatic rings. The first-order chi connectivity index (χ1) is 7.00. The molecular formula is C10H17NO4. The molecule has 1 fully saturated rings. The SMILES string of the molecule is CN1CCC(C(CC(=O)O)C(=O)O)CC1. The van der Waals surface area contributed by atoms with Crippen LogP contribution in [0.25, 0.3) is 0 Å². The second-order valence-electron chi connectivity index (χ2n) is 4.18. The molecule has 0 amide bonds. The van der Waals surface area contributed by atoms with Gasteiger partial charge in [-0.3, -0.25) is 9.59 Å². The average molecular weight is 215 g/mol. The third-order valence-corrected chi connectivity index (χ3v) is 3.04. The molecule has 5 nitrogen and oxygen atoms in total. The highest BCUT2D eigenvalue weighted by atomic mass is 16.4. The van der Waals surface area contributed by atoms with Crippen LogP contribution in [-0.2, 0) is 9.59 Å². The zero-order valence-corrected chi connectivity index (χ0v) is 8.85. The maximum atomic E-state index is 10.9. The van der Waals surface area contributed by atoms with Gasteiger partial charge >= 0.3 is 11.9 Å². The van der Waals surface area contributed by atoms with Gasteiger partial charge in [0.05, 0.1) is 12.3 Å². The Balaban J connectivity index is 2.56. The fourth-order valence-electron chi connectivity index (χ4n) is 2.07. The van der Waals surface area contributed by atoms with Gasteiger partial charge in [0.15, 0.2) is 0 Å². The molecule has 0 saturated carbocycles. The van der Waals surface area contributed by atoms with E-state index in [9.17, 15) is 9.59 Å². The molecule has 15 heavy (non-hydrogen) atoms. The number of rotatable bonds is 4. The van der Waals surface area contributed by atoms with Gasteiger partial charge in [0.25, 0.3) is 0 Å². The van der Waals surface area contributed by atoms with E-state index in [-0.39, 0.29) is 12.3 Å². The molecule has 1 unspecified atom stereocenters. The lowest BCUT2D eigenvalue weighted by atomic mass is 9.82. The summed E-state index contributed by atoms with van der Waals surface area (Å²) in [5.41, 5.74) is 0. The summed E-state index contributed by atoms with van der Waals surface area (Å²) in [5, 5.41) is 17.6. The zero-order valence-electron chi connectivity index (χ0n) is 8.85. The highest BCUT2D eigenvalue weighted by molar-refractivity contribution is 5.78. The molecule has 2 N–H and O–H groups in total. The minimum atomic E-state index is -1.03. The predicted molar refractivity (Wildman–Crippen MR) is 53.6 cm³/mol. The number of hydrogen-bond donors (Lipinski definition) is 2. The lowest BCUT2D eigenvalue weighted by Gasteiger charge is -2.31. The Labute approximate surface area is 88.7 Å². The summed E-state index contributed by atoms with van der Waals surface area (Å²) in [6.07, 6.45) is 1.30. The molecule has 5 heteroatoms. The van der Waals surface area contributed by atoms with Crippen molar-refractivity contribution in [1.82, 2.24) is 4.90 Å². The van der Waals surface area contributed by atoms with E-state index in [0.717, 1.165) is 25.9 Å². The molecule has 1 aliphatic heterocycles. The van der Waals surface area contributed by atoms with Crippen molar-refractivity contribution < 1.29 is 19.8 Å². The number of carbonyl (C=O) groups is 2. The van der Waals surface area contributed by atoms with E-state index >= 15 is 0 Å². The van der Waals surface area contributed by atoms with Gasteiger partial charge in [-0.05, 0) is 38.9 Å². The van der Waals surface area contributed by atoms with E-state index < -0.39 is 17.9 Å². The Hall–Kier alpha value is -1.10. The first-order valence-corrected chi connectivity index (χ1v) is 5.14. The molecular weight excluding hydrogens is 198 g/mol. The van der Waals surface area contributed by atoms with Crippen LogP contribution >= 0.6 is 0 Å². The monoisotopic (exact) mass is 215 g/mol. The lowest BCUT2D eigenvalue weighted by Crippen LogP contribution is -2.36. The molecule has 1 rings (SSSR count). The maximum Gasteiger partial charge on any atom is 0.307 e. The van der Waals surface area contributed by atoms with Gasteiger partial charge in [-0.25, -0.2) is 0 Å². The van der Waals surface area contributed by atoms with Gasteiger partial charge in [-0.2, -0.15) is 0 Å². The summed E-state index contributed by atoms with van der Waals surface area (Å²) < 4.78 is 0. The summed E-state index contributed by atoms with van der Waals surface area (Å²) >= 11 is 0. The third kappa shape index (κ3) is 3.51. The Bertz CT molecular complexity index is 246. The van der Waals surface area contributed by atoms with Crippen LogP contribution in [0.5, 0.6) is 0 Å². The zero-order chi connectivity index (χ0) is 11.4. The Kier molecular flexibility index (Phi) is 4.08. The standard InChI is InChI=1S/C10H17NO4/c1-11-4-2-7(3-5-11)8(10(14)15)6-9(12)13/h7-8H,2-6H2,1H3,(H,12,13)(H,14,15). The molecule has 0 bridgehead atoms.